The highest BCUT2D eigenvalue weighted by molar-refractivity contribution is 6.36. The molecule has 2 aromatic carbocycles. The monoisotopic (exact) mass is 390 g/mol. The Labute approximate surface area is 163 Å². The molecule has 136 valence electrons. The smallest absolute Gasteiger partial charge is 0.229 e. The minimum atomic E-state index is -0.418. The zero-order chi connectivity index (χ0) is 18.8. The first-order chi connectivity index (χ1) is 12.3. The summed E-state index contributed by atoms with van der Waals surface area (Å²) in [5, 5.41) is 3.66. The van der Waals surface area contributed by atoms with Crippen molar-refractivity contribution < 1.29 is 9.59 Å². The Kier molecular flexibility index (Phi) is 5.54. The molecule has 2 amide bonds. The van der Waals surface area contributed by atoms with Crippen LogP contribution in [0.1, 0.15) is 31.7 Å². The van der Waals surface area contributed by atoms with Gasteiger partial charge in [0.15, 0.2) is 0 Å². The highest BCUT2D eigenvalue weighted by atomic mass is 35.5. The summed E-state index contributed by atoms with van der Waals surface area (Å²) in [5.74, 6) is -0.256. The molecule has 0 aliphatic carbocycles. The van der Waals surface area contributed by atoms with Gasteiger partial charge >= 0.3 is 0 Å². The molecule has 0 spiro atoms. The summed E-state index contributed by atoms with van der Waals surface area (Å²) in [6.07, 6.45) is 0.184. The van der Waals surface area contributed by atoms with Crippen molar-refractivity contribution >= 4 is 46.4 Å². The lowest BCUT2D eigenvalue weighted by molar-refractivity contribution is -0.122. The fourth-order valence-corrected chi connectivity index (χ4v) is 3.45. The number of benzene rings is 2. The van der Waals surface area contributed by atoms with Gasteiger partial charge in [0.05, 0.1) is 16.6 Å². The van der Waals surface area contributed by atoms with Crippen LogP contribution in [0.2, 0.25) is 10.0 Å². The Morgan fingerprint density at radius 2 is 1.85 bits per heavy atom. The molecule has 1 saturated heterocycles. The Bertz CT molecular complexity index is 834. The Morgan fingerprint density at radius 1 is 1.15 bits per heavy atom. The van der Waals surface area contributed by atoms with E-state index in [-0.39, 0.29) is 18.2 Å². The first kappa shape index (κ1) is 18.7. The van der Waals surface area contributed by atoms with Gasteiger partial charge in [-0.25, -0.2) is 0 Å². The number of nitrogens with zero attached hydrogens (tertiary/aromatic N) is 1. The van der Waals surface area contributed by atoms with Crippen LogP contribution in [-0.4, -0.2) is 18.4 Å². The number of amides is 2. The molecule has 1 fully saturated rings. The van der Waals surface area contributed by atoms with Gasteiger partial charge < -0.3 is 10.2 Å². The lowest BCUT2D eigenvalue weighted by atomic mass is 10.0. The molecule has 1 aliphatic heterocycles. The van der Waals surface area contributed by atoms with Crippen LogP contribution < -0.4 is 10.2 Å². The molecule has 26 heavy (non-hydrogen) atoms. The fourth-order valence-electron chi connectivity index (χ4n) is 3.00. The minimum absolute atomic E-state index is 0.0512. The molecule has 4 nitrogen and oxygen atoms in total. The van der Waals surface area contributed by atoms with Gasteiger partial charge in [-0.15, -0.1) is 0 Å². The first-order valence-electron chi connectivity index (χ1n) is 8.51. The molecule has 0 bridgehead atoms. The van der Waals surface area contributed by atoms with Crippen molar-refractivity contribution in [2.45, 2.75) is 26.2 Å². The predicted molar refractivity (Wildman–Crippen MR) is 106 cm³/mol. The van der Waals surface area contributed by atoms with Crippen molar-refractivity contribution in [2.24, 2.45) is 5.92 Å². The molecule has 1 N–H and O–H groups in total. The predicted octanol–water partition coefficient (Wildman–Crippen LogP) is 5.11. The van der Waals surface area contributed by atoms with E-state index in [0.717, 1.165) is 5.69 Å². The molecular formula is C20H20Cl2N2O2. The lowest BCUT2D eigenvalue weighted by Crippen LogP contribution is -2.28. The third-order valence-electron chi connectivity index (χ3n) is 4.56. The summed E-state index contributed by atoms with van der Waals surface area (Å²) in [6, 6.07) is 12.8. The van der Waals surface area contributed by atoms with Gasteiger partial charge in [0.2, 0.25) is 11.8 Å². The van der Waals surface area contributed by atoms with E-state index < -0.39 is 5.92 Å². The van der Waals surface area contributed by atoms with Crippen molar-refractivity contribution in [1.82, 2.24) is 0 Å². The van der Waals surface area contributed by atoms with E-state index in [0.29, 0.717) is 28.2 Å². The van der Waals surface area contributed by atoms with Crippen molar-refractivity contribution in [3.8, 4) is 0 Å². The van der Waals surface area contributed by atoms with Crippen molar-refractivity contribution in [2.75, 3.05) is 16.8 Å². The van der Waals surface area contributed by atoms with Crippen LogP contribution in [0, 0.1) is 5.92 Å². The maximum Gasteiger partial charge on any atom is 0.229 e. The average Bonchev–Trinajstić information content (AvgIpc) is 2.99. The first-order valence-corrected chi connectivity index (χ1v) is 9.27. The van der Waals surface area contributed by atoms with Crippen LogP contribution in [0.5, 0.6) is 0 Å². The average molecular weight is 391 g/mol. The highest BCUT2D eigenvalue weighted by Crippen LogP contribution is 2.29. The standard InChI is InChI=1S/C20H20Cl2N2O2/c1-12(2)13-3-6-16(7-4-13)24-11-14(9-19(24)25)20(26)23-18-8-5-15(21)10-17(18)22/h3-8,10,12,14H,9,11H2,1-2H3,(H,23,26). The van der Waals surface area contributed by atoms with Gasteiger partial charge in [0.25, 0.3) is 0 Å². The number of nitrogens with one attached hydrogen (secondary N) is 1. The molecule has 0 aromatic heterocycles. The number of halogens is 2. The van der Waals surface area contributed by atoms with Gasteiger partial charge in [-0.2, -0.15) is 0 Å². The topological polar surface area (TPSA) is 49.4 Å². The molecule has 2 aromatic rings. The third-order valence-corrected chi connectivity index (χ3v) is 5.10. The van der Waals surface area contributed by atoms with E-state index in [1.165, 1.54) is 5.56 Å². The van der Waals surface area contributed by atoms with Gasteiger partial charge in [0.1, 0.15) is 0 Å². The zero-order valence-corrected chi connectivity index (χ0v) is 16.1. The number of hydrogen-bond acceptors (Lipinski definition) is 2. The largest absolute Gasteiger partial charge is 0.324 e. The van der Waals surface area contributed by atoms with Crippen LogP contribution in [-0.2, 0) is 9.59 Å². The van der Waals surface area contributed by atoms with Crippen LogP contribution in [0.15, 0.2) is 42.5 Å². The molecule has 0 saturated carbocycles. The normalized spacial score (nSPS) is 17.0. The number of carbonyl (C=O) groups excluding carboxylic acids is 2. The summed E-state index contributed by atoms with van der Waals surface area (Å²) < 4.78 is 0. The van der Waals surface area contributed by atoms with Gasteiger partial charge in [-0.05, 0) is 41.8 Å². The molecule has 1 heterocycles. The Morgan fingerprint density at radius 3 is 2.46 bits per heavy atom. The van der Waals surface area contributed by atoms with E-state index in [1.807, 2.05) is 24.3 Å². The summed E-state index contributed by atoms with van der Waals surface area (Å²) in [5.41, 5.74) is 2.53. The number of carbonyl (C=O) groups is 2. The maximum atomic E-state index is 12.5. The second kappa shape index (κ2) is 7.68. The summed E-state index contributed by atoms with van der Waals surface area (Å²) in [7, 11) is 0. The summed E-state index contributed by atoms with van der Waals surface area (Å²) >= 11 is 12.0. The number of rotatable bonds is 4. The number of hydrogen-bond donors (Lipinski definition) is 1. The zero-order valence-electron chi connectivity index (χ0n) is 14.6. The quantitative estimate of drug-likeness (QED) is 0.788. The Hall–Kier alpha value is -2.04. The molecule has 0 radical (unpaired) electrons. The van der Waals surface area contributed by atoms with E-state index >= 15 is 0 Å². The lowest BCUT2D eigenvalue weighted by Gasteiger charge is -2.18. The summed E-state index contributed by atoms with van der Waals surface area (Å²) in [6.45, 7) is 4.60. The van der Waals surface area contributed by atoms with Crippen LogP contribution in [0.4, 0.5) is 11.4 Å². The van der Waals surface area contributed by atoms with E-state index in [9.17, 15) is 9.59 Å². The van der Waals surface area contributed by atoms with Gasteiger partial charge in [-0.3, -0.25) is 9.59 Å². The van der Waals surface area contributed by atoms with E-state index in [2.05, 4.69) is 19.2 Å². The third kappa shape index (κ3) is 4.02. The molecule has 1 atom stereocenters. The van der Waals surface area contributed by atoms with E-state index in [4.69, 9.17) is 23.2 Å². The van der Waals surface area contributed by atoms with E-state index in [1.54, 1.807) is 23.1 Å². The number of anilines is 2. The Balaban J connectivity index is 1.69. The molecule has 1 unspecified atom stereocenters. The minimum Gasteiger partial charge on any atom is -0.324 e. The fraction of sp³-hybridized carbons (Fsp3) is 0.300. The second-order valence-corrected chi connectivity index (χ2v) is 7.61. The van der Waals surface area contributed by atoms with Crippen LogP contribution in [0.3, 0.4) is 0 Å². The van der Waals surface area contributed by atoms with Gasteiger partial charge in [0, 0.05) is 23.7 Å². The van der Waals surface area contributed by atoms with Crippen molar-refractivity contribution in [1.29, 1.82) is 0 Å². The van der Waals surface area contributed by atoms with Crippen molar-refractivity contribution in [3.63, 3.8) is 0 Å². The summed E-state index contributed by atoms with van der Waals surface area (Å²) in [4.78, 5) is 26.6. The second-order valence-electron chi connectivity index (χ2n) is 6.77. The van der Waals surface area contributed by atoms with Crippen LogP contribution in [0.25, 0.3) is 0 Å². The maximum absolute atomic E-state index is 12.5. The highest BCUT2D eigenvalue weighted by Gasteiger charge is 2.35. The molecular weight excluding hydrogens is 371 g/mol. The molecule has 1 aliphatic rings. The SMILES string of the molecule is CC(C)c1ccc(N2CC(C(=O)Nc3ccc(Cl)cc3Cl)CC2=O)cc1. The van der Waals surface area contributed by atoms with Gasteiger partial charge in [-0.1, -0.05) is 49.2 Å². The van der Waals surface area contributed by atoms with Crippen molar-refractivity contribution in [3.05, 3.63) is 58.1 Å². The van der Waals surface area contributed by atoms with Crippen LogP contribution >= 0.6 is 23.2 Å². The molecule has 6 heteroatoms. The molecule has 3 rings (SSSR count).